The van der Waals surface area contributed by atoms with Crippen molar-refractivity contribution in [1.82, 2.24) is 14.9 Å². The van der Waals surface area contributed by atoms with Crippen molar-refractivity contribution in [3.8, 4) is 5.69 Å². The highest BCUT2D eigenvalue weighted by Crippen LogP contribution is 2.32. The fraction of sp³-hybridized carbons (Fsp3) is 0.583. The summed E-state index contributed by atoms with van der Waals surface area (Å²) >= 11 is 6.35. The van der Waals surface area contributed by atoms with Gasteiger partial charge in [-0.05, 0) is 55.7 Å². The fourth-order valence-corrected chi connectivity index (χ4v) is 6.00. The lowest BCUT2D eigenvalue weighted by atomic mass is 9.89. The molecule has 1 aliphatic rings. The lowest BCUT2D eigenvalue weighted by Crippen LogP contribution is -2.34. The van der Waals surface area contributed by atoms with Crippen LogP contribution in [-0.2, 0) is 22.7 Å². The van der Waals surface area contributed by atoms with Crippen molar-refractivity contribution < 1.29 is 35.2 Å². The molecule has 0 saturated heterocycles. The monoisotopic (exact) mass is 569 g/mol. The number of aryl methyl sites for hydroxylation is 1. The number of sulfone groups is 1. The summed E-state index contributed by atoms with van der Waals surface area (Å²) in [6.07, 6.45) is -1.48. The van der Waals surface area contributed by atoms with Crippen molar-refractivity contribution >= 4 is 27.3 Å². The average molecular weight is 570 g/mol. The molecule has 2 aromatic rings. The van der Waals surface area contributed by atoms with Crippen molar-refractivity contribution in [3.63, 3.8) is 0 Å². The first-order valence-electron chi connectivity index (χ1n) is 11.9. The van der Waals surface area contributed by atoms with Gasteiger partial charge in [0.05, 0.1) is 11.2 Å². The van der Waals surface area contributed by atoms with E-state index in [0.717, 1.165) is 23.6 Å². The van der Waals surface area contributed by atoms with Crippen LogP contribution in [0.4, 0.5) is 22.0 Å². The molecule has 1 aromatic heterocycles. The zero-order chi connectivity index (χ0) is 27.7. The molecular formula is C24H29ClF5N3O3S. The highest BCUT2D eigenvalue weighted by molar-refractivity contribution is 7.91. The average Bonchev–Trinajstić information content (AvgIpc) is 3.12. The molecule has 1 fully saturated rings. The minimum Gasteiger partial charge on any atom is -0.350 e. The lowest BCUT2D eigenvalue weighted by molar-refractivity contribution is -0.169. The Kier molecular flexibility index (Phi) is 8.94. The van der Waals surface area contributed by atoms with Gasteiger partial charge in [-0.15, -0.1) is 0 Å². The van der Waals surface area contributed by atoms with Gasteiger partial charge in [0.25, 0.3) is 5.91 Å². The predicted octanol–water partition coefficient (Wildman–Crippen LogP) is 5.44. The molecule has 1 aromatic carbocycles. The number of benzene rings is 1. The van der Waals surface area contributed by atoms with Crippen LogP contribution in [0.15, 0.2) is 12.1 Å². The van der Waals surface area contributed by atoms with Crippen LogP contribution in [0.2, 0.25) is 5.15 Å². The molecule has 1 amide bonds. The summed E-state index contributed by atoms with van der Waals surface area (Å²) in [5.41, 5.74) is -1.03. The van der Waals surface area contributed by atoms with E-state index in [0.29, 0.717) is 25.7 Å². The Morgan fingerprint density at radius 1 is 1.19 bits per heavy atom. The summed E-state index contributed by atoms with van der Waals surface area (Å²) in [5.74, 6) is -4.55. The number of hydrogen-bond donors (Lipinski definition) is 1. The molecule has 206 valence electrons. The Morgan fingerprint density at radius 3 is 2.24 bits per heavy atom. The normalized spacial score (nSPS) is 19.6. The number of nitrogens with one attached hydrogen (secondary N) is 1. The van der Waals surface area contributed by atoms with Crippen LogP contribution in [0.5, 0.6) is 0 Å². The number of halogens is 6. The van der Waals surface area contributed by atoms with Crippen LogP contribution in [0.3, 0.4) is 0 Å². The first-order valence-corrected chi connectivity index (χ1v) is 14.3. The molecule has 0 radical (unpaired) electrons. The van der Waals surface area contributed by atoms with Gasteiger partial charge in [-0.3, -0.25) is 9.36 Å². The molecule has 37 heavy (non-hydrogen) atoms. The number of amides is 1. The first kappa shape index (κ1) is 29.3. The van der Waals surface area contributed by atoms with Crippen LogP contribution in [0, 0.1) is 23.5 Å². The van der Waals surface area contributed by atoms with Gasteiger partial charge < -0.3 is 5.32 Å². The van der Waals surface area contributed by atoms with E-state index >= 15 is 0 Å². The Hall–Kier alpha value is -2.21. The van der Waals surface area contributed by atoms with Crippen LogP contribution in [-0.4, -0.2) is 48.1 Å². The van der Waals surface area contributed by atoms with Crippen molar-refractivity contribution in [2.45, 2.75) is 63.8 Å². The molecule has 0 aliphatic heterocycles. The van der Waals surface area contributed by atoms with Gasteiger partial charge in [0.1, 0.15) is 26.5 Å². The van der Waals surface area contributed by atoms with Crippen molar-refractivity contribution in [2.75, 3.05) is 12.8 Å². The molecule has 0 bridgehead atoms. The summed E-state index contributed by atoms with van der Waals surface area (Å²) in [4.78, 5) is 17.0. The second kappa shape index (κ2) is 11.3. The SMILES string of the molecule is CCc1nc(C(=O)NC[C@H]2CC[C@H](S(C)(=O)=O)CC2)c(Cl)n1-c1c(F)cc(C[C@H](C)C(F)(F)F)cc1F. The fourth-order valence-electron chi connectivity index (χ4n) is 4.56. The molecule has 13 heteroatoms. The molecular weight excluding hydrogens is 541 g/mol. The molecule has 6 nitrogen and oxygen atoms in total. The topological polar surface area (TPSA) is 81.1 Å². The van der Waals surface area contributed by atoms with Crippen LogP contribution >= 0.6 is 11.6 Å². The van der Waals surface area contributed by atoms with Crippen molar-refractivity contribution in [1.29, 1.82) is 0 Å². The minimum atomic E-state index is -4.51. The number of nitrogens with zero attached hydrogens (tertiary/aromatic N) is 2. The van der Waals surface area contributed by atoms with E-state index < -0.39 is 51.6 Å². The standard InChI is InChI=1S/C24H29ClF5N3O3S/c1-4-19-32-20(23(34)31-12-14-5-7-16(8-6-14)37(3,35)36)22(25)33(19)21-17(26)10-15(11-18(21)27)9-13(2)24(28,29)30/h10-11,13-14,16H,4-9,12H2,1-3H3,(H,31,34)/t13-,14-,16-/m0/s1. The second-order valence-corrected chi connectivity index (χ2v) is 12.3. The van der Waals surface area contributed by atoms with Gasteiger partial charge in [-0.25, -0.2) is 22.2 Å². The molecule has 1 aliphatic carbocycles. The van der Waals surface area contributed by atoms with E-state index in [2.05, 4.69) is 10.3 Å². The predicted molar refractivity (Wildman–Crippen MR) is 130 cm³/mol. The van der Waals surface area contributed by atoms with Crippen LogP contribution in [0.1, 0.15) is 61.4 Å². The quantitative estimate of drug-likeness (QED) is 0.429. The Labute approximate surface area is 217 Å². The minimum absolute atomic E-state index is 0.0648. The third kappa shape index (κ3) is 6.81. The molecule has 0 spiro atoms. The van der Waals surface area contributed by atoms with E-state index in [1.807, 2.05) is 0 Å². The number of carbonyl (C=O) groups excluding carboxylic acids is 1. The highest BCUT2D eigenvalue weighted by Gasteiger charge is 2.36. The van der Waals surface area contributed by atoms with Gasteiger partial charge >= 0.3 is 6.18 Å². The Morgan fingerprint density at radius 2 is 1.76 bits per heavy atom. The maximum atomic E-state index is 15.0. The summed E-state index contributed by atoms with van der Waals surface area (Å²) < 4.78 is 93.0. The third-order valence-electron chi connectivity index (χ3n) is 6.77. The van der Waals surface area contributed by atoms with Gasteiger partial charge in [0, 0.05) is 19.2 Å². The highest BCUT2D eigenvalue weighted by atomic mass is 35.5. The first-order chi connectivity index (χ1) is 17.1. The van der Waals surface area contributed by atoms with E-state index in [-0.39, 0.29) is 46.4 Å². The van der Waals surface area contributed by atoms with Gasteiger partial charge in [0.15, 0.2) is 17.3 Å². The van der Waals surface area contributed by atoms with E-state index in [1.54, 1.807) is 6.92 Å². The second-order valence-electron chi connectivity index (χ2n) is 9.59. The maximum absolute atomic E-state index is 15.0. The Balaban J connectivity index is 1.79. The van der Waals surface area contributed by atoms with E-state index in [1.165, 1.54) is 6.26 Å². The molecule has 1 saturated carbocycles. The van der Waals surface area contributed by atoms with Gasteiger partial charge in [0.2, 0.25) is 0 Å². The molecule has 1 atom stereocenters. The lowest BCUT2D eigenvalue weighted by Gasteiger charge is -2.27. The molecule has 1 heterocycles. The van der Waals surface area contributed by atoms with Crippen LogP contribution in [0.25, 0.3) is 5.69 Å². The van der Waals surface area contributed by atoms with Crippen LogP contribution < -0.4 is 5.32 Å². The van der Waals surface area contributed by atoms with E-state index in [4.69, 9.17) is 11.6 Å². The maximum Gasteiger partial charge on any atom is 0.391 e. The summed E-state index contributed by atoms with van der Waals surface area (Å²) in [6, 6.07) is 1.64. The zero-order valence-corrected chi connectivity index (χ0v) is 22.2. The van der Waals surface area contributed by atoms with Gasteiger partial charge in [-0.2, -0.15) is 13.2 Å². The number of carbonyl (C=O) groups is 1. The zero-order valence-electron chi connectivity index (χ0n) is 20.6. The number of alkyl halides is 3. The summed E-state index contributed by atoms with van der Waals surface area (Å²) in [6.45, 7) is 2.83. The largest absolute Gasteiger partial charge is 0.391 e. The number of rotatable bonds is 8. The summed E-state index contributed by atoms with van der Waals surface area (Å²) in [5, 5.41) is 2.00. The van der Waals surface area contributed by atoms with E-state index in [9.17, 15) is 35.2 Å². The molecule has 1 N–H and O–H groups in total. The number of aromatic nitrogens is 2. The smallest absolute Gasteiger partial charge is 0.350 e. The Bertz CT molecular complexity index is 1230. The third-order valence-corrected chi connectivity index (χ3v) is 8.80. The van der Waals surface area contributed by atoms with Crippen molar-refractivity contribution in [3.05, 3.63) is 46.0 Å². The summed E-state index contributed by atoms with van der Waals surface area (Å²) in [7, 11) is -3.11. The molecule has 0 unspecified atom stereocenters. The number of imidazole rings is 1. The van der Waals surface area contributed by atoms with Crippen molar-refractivity contribution in [2.24, 2.45) is 11.8 Å². The number of hydrogen-bond acceptors (Lipinski definition) is 4. The van der Waals surface area contributed by atoms with Gasteiger partial charge in [-0.1, -0.05) is 25.4 Å². The molecule has 3 rings (SSSR count).